The van der Waals surface area contributed by atoms with Crippen molar-refractivity contribution in [3.63, 3.8) is 0 Å². The summed E-state index contributed by atoms with van der Waals surface area (Å²) in [4.78, 5) is 35.0. The molecule has 20 heavy (non-hydrogen) atoms. The van der Waals surface area contributed by atoms with Gasteiger partial charge < -0.3 is 15.7 Å². The van der Waals surface area contributed by atoms with Gasteiger partial charge in [0, 0.05) is 33.0 Å². The van der Waals surface area contributed by atoms with Crippen LogP contribution in [0.15, 0.2) is 0 Å². The second-order valence-corrected chi connectivity index (χ2v) is 5.17. The molecule has 1 atom stereocenters. The first-order valence-electron chi connectivity index (χ1n) is 6.92. The second-order valence-electron chi connectivity index (χ2n) is 5.17. The molecule has 1 aliphatic rings. The first-order chi connectivity index (χ1) is 9.47. The van der Waals surface area contributed by atoms with E-state index >= 15 is 0 Å². The Morgan fingerprint density at radius 3 is 2.60 bits per heavy atom. The molecule has 1 aliphatic heterocycles. The van der Waals surface area contributed by atoms with Crippen molar-refractivity contribution in [1.82, 2.24) is 15.5 Å². The van der Waals surface area contributed by atoms with Crippen molar-refractivity contribution in [1.29, 1.82) is 0 Å². The summed E-state index contributed by atoms with van der Waals surface area (Å²) in [6.45, 7) is 4.03. The SMILES string of the molecule is CC(=O)NCCNC(=O)CN1CCCC(CC(=O)O)C1. The first-order valence-corrected chi connectivity index (χ1v) is 6.92. The number of piperidine rings is 1. The van der Waals surface area contributed by atoms with E-state index in [9.17, 15) is 14.4 Å². The largest absolute Gasteiger partial charge is 0.481 e. The Morgan fingerprint density at radius 1 is 1.25 bits per heavy atom. The molecule has 3 N–H and O–H groups in total. The van der Waals surface area contributed by atoms with Gasteiger partial charge in [0.15, 0.2) is 0 Å². The number of carbonyl (C=O) groups excluding carboxylic acids is 2. The van der Waals surface area contributed by atoms with E-state index in [2.05, 4.69) is 10.6 Å². The molecule has 0 spiro atoms. The predicted octanol–water partition coefficient (Wildman–Crippen LogP) is -0.575. The average molecular weight is 285 g/mol. The Kier molecular flexibility index (Phi) is 7.00. The molecule has 0 saturated carbocycles. The van der Waals surface area contributed by atoms with E-state index in [1.54, 1.807) is 0 Å². The minimum absolute atomic E-state index is 0.0914. The zero-order valence-corrected chi connectivity index (χ0v) is 11.9. The van der Waals surface area contributed by atoms with Gasteiger partial charge in [-0.05, 0) is 25.3 Å². The van der Waals surface area contributed by atoms with Crippen LogP contribution in [0.1, 0.15) is 26.2 Å². The van der Waals surface area contributed by atoms with Crippen molar-refractivity contribution in [2.75, 3.05) is 32.7 Å². The van der Waals surface area contributed by atoms with Crippen molar-refractivity contribution < 1.29 is 19.5 Å². The molecule has 0 bridgehead atoms. The molecule has 0 aromatic heterocycles. The van der Waals surface area contributed by atoms with Crippen molar-refractivity contribution >= 4 is 17.8 Å². The molecule has 1 rings (SSSR count). The van der Waals surface area contributed by atoms with Gasteiger partial charge in [-0.15, -0.1) is 0 Å². The van der Waals surface area contributed by atoms with Crippen molar-refractivity contribution in [2.24, 2.45) is 5.92 Å². The molecular weight excluding hydrogens is 262 g/mol. The van der Waals surface area contributed by atoms with Crippen LogP contribution in [-0.4, -0.2) is 60.5 Å². The van der Waals surface area contributed by atoms with Crippen LogP contribution in [0.25, 0.3) is 0 Å². The van der Waals surface area contributed by atoms with E-state index in [-0.39, 0.29) is 30.7 Å². The third-order valence-electron chi connectivity index (χ3n) is 3.25. The molecule has 0 aromatic carbocycles. The fourth-order valence-electron chi connectivity index (χ4n) is 2.41. The highest BCUT2D eigenvalue weighted by Crippen LogP contribution is 2.19. The topological polar surface area (TPSA) is 98.7 Å². The Balaban J connectivity index is 2.20. The maximum Gasteiger partial charge on any atom is 0.303 e. The second kappa shape index (κ2) is 8.52. The van der Waals surface area contributed by atoms with Gasteiger partial charge in [0.05, 0.1) is 6.54 Å². The van der Waals surface area contributed by atoms with Crippen LogP contribution in [0.4, 0.5) is 0 Å². The lowest BCUT2D eigenvalue weighted by Crippen LogP contribution is -2.44. The molecule has 1 fully saturated rings. The number of carboxylic acids is 1. The van der Waals surface area contributed by atoms with E-state index in [1.807, 2.05) is 4.90 Å². The summed E-state index contributed by atoms with van der Waals surface area (Å²) in [5, 5.41) is 14.1. The number of aliphatic carboxylic acids is 1. The van der Waals surface area contributed by atoms with E-state index in [1.165, 1.54) is 6.92 Å². The summed E-state index contributed by atoms with van der Waals surface area (Å²) in [6.07, 6.45) is 2.00. The predicted molar refractivity (Wildman–Crippen MR) is 73.1 cm³/mol. The number of hydrogen-bond acceptors (Lipinski definition) is 4. The molecule has 0 radical (unpaired) electrons. The maximum atomic E-state index is 11.7. The lowest BCUT2D eigenvalue weighted by molar-refractivity contribution is -0.138. The lowest BCUT2D eigenvalue weighted by Gasteiger charge is -2.31. The van der Waals surface area contributed by atoms with E-state index in [0.717, 1.165) is 19.4 Å². The monoisotopic (exact) mass is 285 g/mol. The standard InChI is InChI=1S/C13H23N3O4/c1-10(17)14-4-5-15-12(18)9-16-6-2-3-11(8-16)7-13(19)20/h11H,2-9H2,1H3,(H,14,17)(H,15,18)(H,19,20). The Bertz CT molecular complexity index is 360. The summed E-state index contributed by atoms with van der Waals surface area (Å²) < 4.78 is 0. The Hall–Kier alpha value is -1.63. The van der Waals surface area contributed by atoms with Crippen LogP contribution >= 0.6 is 0 Å². The van der Waals surface area contributed by atoms with Crippen molar-refractivity contribution in [2.45, 2.75) is 26.2 Å². The molecule has 1 heterocycles. The van der Waals surface area contributed by atoms with Crippen LogP contribution < -0.4 is 10.6 Å². The van der Waals surface area contributed by atoms with Crippen LogP contribution in [-0.2, 0) is 14.4 Å². The first kappa shape index (κ1) is 16.4. The normalized spacial score (nSPS) is 19.4. The number of nitrogens with zero attached hydrogens (tertiary/aromatic N) is 1. The quantitative estimate of drug-likeness (QED) is 0.544. The maximum absolute atomic E-state index is 11.7. The minimum Gasteiger partial charge on any atom is -0.481 e. The van der Waals surface area contributed by atoms with Crippen molar-refractivity contribution in [3.8, 4) is 0 Å². The molecule has 0 aromatic rings. The lowest BCUT2D eigenvalue weighted by atomic mass is 9.95. The van der Waals surface area contributed by atoms with Crippen LogP contribution in [0.5, 0.6) is 0 Å². The van der Waals surface area contributed by atoms with Crippen LogP contribution in [0.3, 0.4) is 0 Å². The molecule has 7 nitrogen and oxygen atoms in total. The fourth-order valence-corrected chi connectivity index (χ4v) is 2.41. The van der Waals surface area contributed by atoms with E-state index in [0.29, 0.717) is 19.6 Å². The molecule has 7 heteroatoms. The molecule has 1 saturated heterocycles. The number of amides is 2. The number of carboxylic acid groups (broad SMARTS) is 1. The molecule has 1 unspecified atom stereocenters. The van der Waals surface area contributed by atoms with Gasteiger partial charge in [0.2, 0.25) is 11.8 Å². The number of hydrogen-bond donors (Lipinski definition) is 3. The summed E-state index contributed by atoms with van der Waals surface area (Å²) in [5.41, 5.74) is 0. The molecule has 114 valence electrons. The third kappa shape index (κ3) is 7.08. The van der Waals surface area contributed by atoms with Crippen LogP contribution in [0.2, 0.25) is 0 Å². The highest BCUT2D eigenvalue weighted by molar-refractivity contribution is 5.78. The molecule has 2 amide bonds. The van der Waals surface area contributed by atoms with E-state index in [4.69, 9.17) is 5.11 Å². The molecule has 0 aliphatic carbocycles. The highest BCUT2D eigenvalue weighted by atomic mass is 16.4. The number of likely N-dealkylation sites (tertiary alicyclic amines) is 1. The summed E-state index contributed by atoms with van der Waals surface area (Å²) >= 11 is 0. The number of carbonyl (C=O) groups is 3. The number of rotatable bonds is 7. The fraction of sp³-hybridized carbons (Fsp3) is 0.769. The van der Waals surface area contributed by atoms with Crippen LogP contribution in [0, 0.1) is 5.92 Å². The van der Waals surface area contributed by atoms with Gasteiger partial charge in [-0.2, -0.15) is 0 Å². The van der Waals surface area contributed by atoms with Gasteiger partial charge in [-0.3, -0.25) is 19.3 Å². The average Bonchev–Trinajstić information content (AvgIpc) is 2.34. The highest BCUT2D eigenvalue weighted by Gasteiger charge is 2.23. The third-order valence-corrected chi connectivity index (χ3v) is 3.25. The smallest absolute Gasteiger partial charge is 0.303 e. The van der Waals surface area contributed by atoms with Gasteiger partial charge in [0.1, 0.15) is 0 Å². The van der Waals surface area contributed by atoms with E-state index < -0.39 is 5.97 Å². The van der Waals surface area contributed by atoms with Gasteiger partial charge in [-0.1, -0.05) is 0 Å². The Morgan fingerprint density at radius 2 is 1.95 bits per heavy atom. The summed E-state index contributed by atoms with van der Waals surface area (Å²) in [5.74, 6) is -0.858. The summed E-state index contributed by atoms with van der Waals surface area (Å²) in [7, 11) is 0. The number of nitrogens with one attached hydrogen (secondary N) is 2. The molecular formula is C13H23N3O4. The van der Waals surface area contributed by atoms with Crippen molar-refractivity contribution in [3.05, 3.63) is 0 Å². The summed E-state index contributed by atoms with van der Waals surface area (Å²) in [6, 6.07) is 0. The zero-order valence-electron chi connectivity index (χ0n) is 11.9. The van der Waals surface area contributed by atoms with Gasteiger partial charge in [0.25, 0.3) is 0 Å². The Labute approximate surface area is 118 Å². The minimum atomic E-state index is -0.781. The van der Waals surface area contributed by atoms with Gasteiger partial charge in [-0.25, -0.2) is 0 Å². The zero-order chi connectivity index (χ0) is 15.0. The van der Waals surface area contributed by atoms with Gasteiger partial charge >= 0.3 is 5.97 Å².